The number of amides is 2. The van der Waals surface area contributed by atoms with Gasteiger partial charge in [-0.25, -0.2) is 0 Å². The number of carbonyl (C=O) groups excluding carboxylic acids is 2. The number of fused-ring (bicyclic) bond motifs is 1. The number of para-hydroxylation sites is 1. The van der Waals surface area contributed by atoms with Crippen molar-refractivity contribution in [3.63, 3.8) is 0 Å². The van der Waals surface area contributed by atoms with E-state index < -0.39 is 0 Å². The minimum atomic E-state index is -0.125. The number of nitrogens with two attached hydrogens (primary N) is 2. The Morgan fingerprint density at radius 1 is 1.19 bits per heavy atom. The smallest absolute Gasteiger partial charge is 0.252 e. The molecule has 6 N–H and O–H groups in total. The molecule has 2 heterocycles. The lowest BCUT2D eigenvalue weighted by atomic mass is 9.89. The molecule has 2 amide bonds. The molecule has 2 aliphatic rings. The van der Waals surface area contributed by atoms with Crippen molar-refractivity contribution in [2.24, 2.45) is 22.4 Å². The van der Waals surface area contributed by atoms with Crippen LogP contribution in [0.15, 0.2) is 41.5 Å². The van der Waals surface area contributed by atoms with E-state index in [0.29, 0.717) is 24.6 Å². The standard InChI is InChI=1S/C23H30N4O2.C4H11N3/c28-22-15-24-20(10-11-27(22)16-17-6-2-1-3-7-17)14-26-23(29)19-12-18-8-4-5-9-21(18)25-13-19;1-2-3-7-4(5)6/h4-5,8-9,12-13,17,20,24H,1-3,6-7,10-11,14-16H2,(H,26,29);2-3H2,1H3,(H4,5,6,7). The number of guanidine groups is 1. The van der Waals surface area contributed by atoms with Gasteiger partial charge in [0.1, 0.15) is 0 Å². The second-order valence-electron chi connectivity index (χ2n) is 9.64. The predicted octanol–water partition coefficient (Wildman–Crippen LogP) is 2.41. The van der Waals surface area contributed by atoms with Crippen molar-refractivity contribution in [1.29, 1.82) is 0 Å². The lowest BCUT2D eigenvalue weighted by Gasteiger charge is -2.28. The monoisotopic (exact) mass is 495 g/mol. The van der Waals surface area contributed by atoms with Crippen LogP contribution in [0.25, 0.3) is 10.9 Å². The zero-order valence-electron chi connectivity index (χ0n) is 21.4. The number of rotatable bonds is 7. The number of aliphatic imine (C=N–C) groups is 1. The number of carbonyl (C=O) groups is 2. The molecule has 1 aromatic heterocycles. The molecule has 2 aromatic rings. The summed E-state index contributed by atoms with van der Waals surface area (Å²) in [4.78, 5) is 35.1. The molecular formula is C27H41N7O2. The van der Waals surface area contributed by atoms with E-state index in [2.05, 4.69) is 20.6 Å². The molecule has 9 heteroatoms. The first-order valence-corrected chi connectivity index (χ1v) is 13.2. The van der Waals surface area contributed by atoms with E-state index in [4.69, 9.17) is 11.5 Å². The summed E-state index contributed by atoms with van der Waals surface area (Å²) in [6.07, 6.45) is 9.89. The van der Waals surface area contributed by atoms with E-state index >= 15 is 0 Å². The summed E-state index contributed by atoms with van der Waals surface area (Å²) in [7, 11) is 0. The first-order chi connectivity index (χ1) is 17.5. The molecule has 0 radical (unpaired) electrons. The SMILES string of the molecule is CCCN=C(N)N.O=C(NCC1CCN(CC2CCCCC2)C(=O)CN1)c1cnc2ccccc2c1. The van der Waals surface area contributed by atoms with Gasteiger partial charge in [-0.2, -0.15) is 0 Å². The van der Waals surface area contributed by atoms with Gasteiger partial charge >= 0.3 is 0 Å². The molecule has 1 aliphatic carbocycles. The Balaban J connectivity index is 0.000000454. The van der Waals surface area contributed by atoms with E-state index in [-0.39, 0.29) is 23.8 Å². The molecule has 4 rings (SSSR count). The van der Waals surface area contributed by atoms with Crippen molar-refractivity contribution in [1.82, 2.24) is 20.5 Å². The maximum Gasteiger partial charge on any atom is 0.252 e. The summed E-state index contributed by atoms with van der Waals surface area (Å²) >= 11 is 0. The molecule has 2 fully saturated rings. The zero-order valence-corrected chi connectivity index (χ0v) is 21.4. The highest BCUT2D eigenvalue weighted by Gasteiger charge is 2.25. The fraction of sp³-hybridized carbons (Fsp3) is 0.556. The van der Waals surface area contributed by atoms with E-state index in [0.717, 1.165) is 43.4 Å². The van der Waals surface area contributed by atoms with Gasteiger partial charge in [-0.3, -0.25) is 19.6 Å². The number of hydrogen-bond acceptors (Lipinski definition) is 5. The van der Waals surface area contributed by atoms with Gasteiger partial charge in [-0.05, 0) is 43.7 Å². The van der Waals surface area contributed by atoms with Crippen LogP contribution in [0.3, 0.4) is 0 Å². The average molecular weight is 496 g/mol. The highest BCUT2D eigenvalue weighted by atomic mass is 16.2. The van der Waals surface area contributed by atoms with Crippen LogP contribution in [0, 0.1) is 5.92 Å². The summed E-state index contributed by atoms with van der Waals surface area (Å²) in [6, 6.07) is 9.74. The summed E-state index contributed by atoms with van der Waals surface area (Å²) in [5.74, 6) is 0.897. The van der Waals surface area contributed by atoms with E-state index in [1.54, 1.807) is 6.20 Å². The van der Waals surface area contributed by atoms with Crippen LogP contribution >= 0.6 is 0 Å². The van der Waals surface area contributed by atoms with Gasteiger partial charge in [0, 0.05) is 43.8 Å². The van der Waals surface area contributed by atoms with Crippen LogP contribution in [0.1, 0.15) is 62.2 Å². The number of pyridine rings is 1. The lowest BCUT2D eigenvalue weighted by Crippen LogP contribution is -2.42. The van der Waals surface area contributed by atoms with Crippen LogP contribution < -0.4 is 22.1 Å². The Bertz CT molecular complexity index is 1020. The highest BCUT2D eigenvalue weighted by molar-refractivity contribution is 5.97. The number of nitrogens with one attached hydrogen (secondary N) is 2. The first-order valence-electron chi connectivity index (χ1n) is 13.2. The molecule has 36 heavy (non-hydrogen) atoms. The van der Waals surface area contributed by atoms with Crippen molar-refractivity contribution in [3.05, 3.63) is 42.1 Å². The lowest BCUT2D eigenvalue weighted by molar-refractivity contribution is -0.130. The molecule has 1 aliphatic heterocycles. The van der Waals surface area contributed by atoms with Gasteiger partial charge in [-0.15, -0.1) is 0 Å². The van der Waals surface area contributed by atoms with Crippen molar-refractivity contribution in [2.45, 2.75) is 57.9 Å². The third-order valence-electron chi connectivity index (χ3n) is 6.73. The molecule has 1 aromatic carbocycles. The van der Waals surface area contributed by atoms with Gasteiger partial charge in [-0.1, -0.05) is 44.4 Å². The van der Waals surface area contributed by atoms with Crippen LogP contribution in [-0.4, -0.2) is 66.4 Å². The number of hydrogen-bond donors (Lipinski definition) is 4. The Morgan fingerprint density at radius 3 is 2.69 bits per heavy atom. The molecular weight excluding hydrogens is 454 g/mol. The Hall–Kier alpha value is -3.20. The second-order valence-corrected chi connectivity index (χ2v) is 9.64. The Labute approximate surface area is 214 Å². The van der Waals surface area contributed by atoms with Crippen molar-refractivity contribution in [2.75, 3.05) is 32.7 Å². The van der Waals surface area contributed by atoms with E-state index in [9.17, 15) is 9.59 Å². The van der Waals surface area contributed by atoms with Crippen molar-refractivity contribution in [3.8, 4) is 0 Å². The van der Waals surface area contributed by atoms with Gasteiger partial charge in [0.2, 0.25) is 5.91 Å². The van der Waals surface area contributed by atoms with Crippen molar-refractivity contribution < 1.29 is 9.59 Å². The van der Waals surface area contributed by atoms with Crippen LogP contribution in [0.4, 0.5) is 0 Å². The van der Waals surface area contributed by atoms with Gasteiger partial charge < -0.3 is 27.0 Å². The average Bonchev–Trinajstić information content (AvgIpc) is 3.07. The number of aromatic nitrogens is 1. The first kappa shape index (κ1) is 27.4. The van der Waals surface area contributed by atoms with Gasteiger partial charge in [0.25, 0.3) is 5.91 Å². The van der Waals surface area contributed by atoms with Crippen LogP contribution in [-0.2, 0) is 4.79 Å². The van der Waals surface area contributed by atoms with Gasteiger partial charge in [0.15, 0.2) is 5.96 Å². The quantitative estimate of drug-likeness (QED) is 0.344. The molecule has 0 spiro atoms. The van der Waals surface area contributed by atoms with Gasteiger partial charge in [0.05, 0.1) is 17.6 Å². The second kappa shape index (κ2) is 14.4. The topological polar surface area (TPSA) is 139 Å². The third-order valence-corrected chi connectivity index (χ3v) is 6.73. The number of benzene rings is 1. The molecule has 1 unspecified atom stereocenters. The molecule has 9 nitrogen and oxygen atoms in total. The molecule has 1 saturated heterocycles. The van der Waals surface area contributed by atoms with E-state index in [1.165, 1.54) is 32.1 Å². The maximum atomic E-state index is 12.6. The van der Waals surface area contributed by atoms with Crippen LogP contribution in [0.5, 0.6) is 0 Å². The normalized spacial score (nSPS) is 18.6. The fourth-order valence-corrected chi connectivity index (χ4v) is 4.68. The molecule has 1 saturated carbocycles. The minimum Gasteiger partial charge on any atom is -0.370 e. The fourth-order valence-electron chi connectivity index (χ4n) is 4.68. The third kappa shape index (κ3) is 8.78. The van der Waals surface area contributed by atoms with Crippen LogP contribution in [0.2, 0.25) is 0 Å². The molecule has 0 bridgehead atoms. The summed E-state index contributed by atoms with van der Waals surface area (Å²) in [6.45, 7) is 5.28. The summed E-state index contributed by atoms with van der Waals surface area (Å²) in [5, 5.41) is 7.27. The van der Waals surface area contributed by atoms with E-state index in [1.807, 2.05) is 42.2 Å². The van der Waals surface area contributed by atoms with Crippen molar-refractivity contribution >= 4 is 28.7 Å². The zero-order chi connectivity index (χ0) is 25.8. The number of nitrogens with zero attached hydrogens (tertiary/aromatic N) is 3. The molecule has 196 valence electrons. The molecule has 1 atom stereocenters. The highest BCUT2D eigenvalue weighted by Crippen LogP contribution is 2.24. The summed E-state index contributed by atoms with van der Waals surface area (Å²) in [5.41, 5.74) is 11.5. The Kier molecular flexibility index (Phi) is 10.9. The largest absolute Gasteiger partial charge is 0.370 e. The predicted molar refractivity (Wildman–Crippen MR) is 145 cm³/mol. The Morgan fingerprint density at radius 2 is 1.97 bits per heavy atom. The maximum absolute atomic E-state index is 12.6. The summed E-state index contributed by atoms with van der Waals surface area (Å²) < 4.78 is 0. The minimum absolute atomic E-state index is 0.104.